The highest BCUT2D eigenvalue weighted by Crippen LogP contribution is 2.29. The SMILES string of the molecule is O=c1[nH]nc(-c2ccc(-c3ccc(F)cc3)cc2)c2c1CCCC2. The summed E-state index contributed by atoms with van der Waals surface area (Å²) in [5, 5.41) is 6.92. The van der Waals surface area contributed by atoms with E-state index in [0.717, 1.165) is 59.2 Å². The van der Waals surface area contributed by atoms with Gasteiger partial charge in [0.05, 0.1) is 5.69 Å². The highest BCUT2D eigenvalue weighted by molar-refractivity contribution is 5.70. The lowest BCUT2D eigenvalue weighted by atomic mass is 9.89. The van der Waals surface area contributed by atoms with Gasteiger partial charge in [0, 0.05) is 11.1 Å². The predicted molar refractivity (Wildman–Crippen MR) is 92.3 cm³/mol. The van der Waals surface area contributed by atoms with E-state index in [1.165, 1.54) is 12.1 Å². The third kappa shape index (κ3) is 2.64. The third-order valence-electron chi connectivity index (χ3n) is 4.63. The molecule has 4 heteroatoms. The minimum atomic E-state index is -0.237. The fourth-order valence-corrected chi connectivity index (χ4v) is 3.36. The van der Waals surface area contributed by atoms with E-state index in [1.54, 1.807) is 12.1 Å². The molecule has 0 amide bonds. The van der Waals surface area contributed by atoms with Crippen LogP contribution in [0.15, 0.2) is 53.3 Å². The summed E-state index contributed by atoms with van der Waals surface area (Å²) in [7, 11) is 0. The summed E-state index contributed by atoms with van der Waals surface area (Å²) >= 11 is 0. The summed E-state index contributed by atoms with van der Waals surface area (Å²) in [4.78, 5) is 12.0. The van der Waals surface area contributed by atoms with Gasteiger partial charge in [-0.15, -0.1) is 0 Å². The summed E-state index contributed by atoms with van der Waals surface area (Å²) in [6.45, 7) is 0. The van der Waals surface area contributed by atoms with Crippen LogP contribution in [0.4, 0.5) is 4.39 Å². The van der Waals surface area contributed by atoms with Crippen LogP contribution in [0.3, 0.4) is 0 Å². The average molecular weight is 320 g/mol. The van der Waals surface area contributed by atoms with Crippen molar-refractivity contribution in [3.8, 4) is 22.4 Å². The molecule has 3 aromatic rings. The van der Waals surface area contributed by atoms with Crippen LogP contribution in [-0.4, -0.2) is 10.2 Å². The van der Waals surface area contributed by atoms with Crippen LogP contribution < -0.4 is 5.56 Å². The first-order valence-electron chi connectivity index (χ1n) is 8.19. The Balaban J connectivity index is 1.73. The van der Waals surface area contributed by atoms with Gasteiger partial charge in [-0.2, -0.15) is 5.10 Å². The van der Waals surface area contributed by atoms with Crippen molar-refractivity contribution < 1.29 is 4.39 Å². The zero-order chi connectivity index (χ0) is 16.5. The number of nitrogens with one attached hydrogen (secondary N) is 1. The van der Waals surface area contributed by atoms with Gasteiger partial charge in [0.2, 0.25) is 0 Å². The minimum absolute atomic E-state index is 0.0589. The summed E-state index contributed by atoms with van der Waals surface area (Å²) < 4.78 is 13.0. The monoisotopic (exact) mass is 320 g/mol. The number of H-pyrrole nitrogens is 1. The number of benzene rings is 2. The van der Waals surface area contributed by atoms with E-state index in [-0.39, 0.29) is 11.4 Å². The van der Waals surface area contributed by atoms with Gasteiger partial charge in [-0.05, 0) is 54.5 Å². The van der Waals surface area contributed by atoms with E-state index in [1.807, 2.05) is 24.3 Å². The number of halogens is 1. The average Bonchev–Trinajstić information content (AvgIpc) is 2.63. The van der Waals surface area contributed by atoms with Crippen LogP contribution in [0.2, 0.25) is 0 Å². The predicted octanol–water partition coefficient (Wildman–Crippen LogP) is 4.12. The Hall–Kier alpha value is -2.75. The summed E-state index contributed by atoms with van der Waals surface area (Å²) in [6, 6.07) is 14.5. The van der Waals surface area contributed by atoms with Crippen molar-refractivity contribution >= 4 is 0 Å². The van der Waals surface area contributed by atoms with Crippen molar-refractivity contribution in [3.63, 3.8) is 0 Å². The molecule has 24 heavy (non-hydrogen) atoms. The van der Waals surface area contributed by atoms with Gasteiger partial charge in [0.1, 0.15) is 5.82 Å². The number of nitrogens with zero attached hydrogens (tertiary/aromatic N) is 1. The minimum Gasteiger partial charge on any atom is -0.268 e. The lowest BCUT2D eigenvalue weighted by Gasteiger charge is -2.17. The van der Waals surface area contributed by atoms with Crippen molar-refractivity contribution in [2.75, 3.05) is 0 Å². The Morgan fingerprint density at radius 3 is 2.00 bits per heavy atom. The van der Waals surface area contributed by atoms with Crippen LogP contribution in [0.1, 0.15) is 24.0 Å². The Kier molecular flexibility index (Phi) is 3.73. The van der Waals surface area contributed by atoms with Crippen molar-refractivity contribution in [1.82, 2.24) is 10.2 Å². The maximum Gasteiger partial charge on any atom is 0.267 e. The molecular weight excluding hydrogens is 303 g/mol. The van der Waals surface area contributed by atoms with Gasteiger partial charge in [-0.1, -0.05) is 36.4 Å². The fourth-order valence-electron chi connectivity index (χ4n) is 3.36. The molecule has 1 aromatic heterocycles. The quantitative estimate of drug-likeness (QED) is 0.772. The van der Waals surface area contributed by atoms with Gasteiger partial charge in [0.25, 0.3) is 5.56 Å². The second-order valence-electron chi connectivity index (χ2n) is 6.15. The second-order valence-corrected chi connectivity index (χ2v) is 6.15. The van der Waals surface area contributed by atoms with E-state index in [4.69, 9.17) is 0 Å². The van der Waals surface area contributed by atoms with Gasteiger partial charge < -0.3 is 0 Å². The molecule has 1 heterocycles. The lowest BCUT2D eigenvalue weighted by molar-refractivity contribution is 0.628. The lowest BCUT2D eigenvalue weighted by Crippen LogP contribution is -2.21. The van der Waals surface area contributed by atoms with Gasteiger partial charge in [0.15, 0.2) is 0 Å². The number of hydrogen-bond donors (Lipinski definition) is 1. The molecule has 0 unspecified atom stereocenters. The molecule has 0 saturated heterocycles. The molecule has 0 bridgehead atoms. The van der Waals surface area contributed by atoms with Crippen LogP contribution in [0.5, 0.6) is 0 Å². The molecule has 0 saturated carbocycles. The Bertz CT molecular complexity index is 927. The van der Waals surface area contributed by atoms with Crippen molar-refractivity contribution in [2.45, 2.75) is 25.7 Å². The summed E-state index contributed by atoms with van der Waals surface area (Å²) in [5.74, 6) is -0.237. The van der Waals surface area contributed by atoms with E-state index in [0.29, 0.717) is 0 Å². The number of fused-ring (bicyclic) bond motifs is 1. The molecule has 0 aliphatic heterocycles. The fraction of sp³-hybridized carbons (Fsp3) is 0.200. The van der Waals surface area contributed by atoms with Crippen molar-refractivity contribution in [2.24, 2.45) is 0 Å². The Morgan fingerprint density at radius 1 is 0.792 bits per heavy atom. The smallest absolute Gasteiger partial charge is 0.267 e. The van der Waals surface area contributed by atoms with E-state index >= 15 is 0 Å². The maximum atomic E-state index is 13.0. The maximum absolute atomic E-state index is 13.0. The zero-order valence-corrected chi connectivity index (χ0v) is 13.2. The molecule has 0 atom stereocenters. The summed E-state index contributed by atoms with van der Waals surface area (Å²) in [5.41, 5.74) is 5.77. The first-order chi connectivity index (χ1) is 11.7. The van der Waals surface area contributed by atoms with Crippen LogP contribution in [0, 0.1) is 5.82 Å². The largest absolute Gasteiger partial charge is 0.268 e. The Morgan fingerprint density at radius 2 is 1.33 bits per heavy atom. The Labute approximate surface area is 139 Å². The molecule has 1 aliphatic rings. The third-order valence-corrected chi connectivity index (χ3v) is 4.63. The molecule has 2 aromatic carbocycles. The summed E-state index contributed by atoms with van der Waals surface area (Å²) in [6.07, 6.45) is 3.89. The number of aromatic amines is 1. The topological polar surface area (TPSA) is 45.8 Å². The second kappa shape index (κ2) is 6.04. The van der Waals surface area contributed by atoms with E-state index in [2.05, 4.69) is 10.2 Å². The normalized spacial score (nSPS) is 13.5. The zero-order valence-electron chi connectivity index (χ0n) is 13.2. The van der Waals surface area contributed by atoms with E-state index < -0.39 is 0 Å². The molecule has 4 rings (SSSR count). The van der Waals surface area contributed by atoms with Gasteiger partial charge in [-0.3, -0.25) is 4.79 Å². The van der Waals surface area contributed by atoms with E-state index in [9.17, 15) is 9.18 Å². The highest BCUT2D eigenvalue weighted by atomic mass is 19.1. The molecule has 120 valence electrons. The van der Waals surface area contributed by atoms with Crippen molar-refractivity contribution in [3.05, 3.63) is 75.8 Å². The van der Waals surface area contributed by atoms with Gasteiger partial charge in [-0.25, -0.2) is 9.49 Å². The molecule has 3 nitrogen and oxygen atoms in total. The van der Waals surface area contributed by atoms with Crippen LogP contribution in [0.25, 0.3) is 22.4 Å². The molecule has 1 aliphatic carbocycles. The number of aromatic nitrogens is 2. The van der Waals surface area contributed by atoms with Gasteiger partial charge >= 0.3 is 0 Å². The highest BCUT2D eigenvalue weighted by Gasteiger charge is 2.18. The molecule has 0 radical (unpaired) electrons. The molecule has 1 N–H and O–H groups in total. The molecule has 0 fully saturated rings. The van der Waals surface area contributed by atoms with Crippen LogP contribution in [-0.2, 0) is 12.8 Å². The molecule has 0 spiro atoms. The molecular formula is C20H17FN2O. The first-order valence-corrected chi connectivity index (χ1v) is 8.19. The number of rotatable bonds is 2. The first kappa shape index (κ1) is 14.8. The van der Waals surface area contributed by atoms with Crippen molar-refractivity contribution in [1.29, 1.82) is 0 Å². The standard InChI is InChI=1S/C20H17FN2O/c21-16-11-9-14(10-12-16)13-5-7-15(8-6-13)19-17-3-1-2-4-18(17)20(24)23-22-19/h5-12H,1-4H2,(H,23,24). The number of hydrogen-bond acceptors (Lipinski definition) is 2. The van der Waals surface area contributed by atoms with Crippen LogP contribution >= 0.6 is 0 Å².